The molecule has 1 amide bonds. The average molecular weight is 436 g/mol. The lowest BCUT2D eigenvalue weighted by Gasteiger charge is -2.33. The second kappa shape index (κ2) is 9.11. The van der Waals surface area contributed by atoms with E-state index in [0.29, 0.717) is 49.4 Å². The van der Waals surface area contributed by atoms with Crippen LogP contribution in [0.15, 0.2) is 36.8 Å². The van der Waals surface area contributed by atoms with Crippen molar-refractivity contribution in [1.29, 1.82) is 5.26 Å². The van der Waals surface area contributed by atoms with Crippen LogP contribution in [0.5, 0.6) is 5.75 Å². The van der Waals surface area contributed by atoms with Gasteiger partial charge >= 0.3 is 6.09 Å². The first-order valence-corrected chi connectivity index (χ1v) is 10.4. The summed E-state index contributed by atoms with van der Waals surface area (Å²) in [4.78, 5) is 19.1. The van der Waals surface area contributed by atoms with Crippen LogP contribution < -0.4 is 9.64 Å². The van der Waals surface area contributed by atoms with Gasteiger partial charge in [-0.25, -0.2) is 14.3 Å². The zero-order valence-electron chi connectivity index (χ0n) is 17.7. The van der Waals surface area contributed by atoms with Crippen LogP contribution in [0.25, 0.3) is 16.6 Å². The largest absolute Gasteiger partial charge is 0.489 e. The monoisotopic (exact) mass is 436 g/mol. The second-order valence-electron chi connectivity index (χ2n) is 7.59. The third-order valence-corrected chi connectivity index (χ3v) is 5.55. The highest BCUT2D eigenvalue weighted by Gasteiger charge is 2.21. The number of nitrogens with zero attached hydrogens (tertiary/aromatic N) is 6. The lowest BCUT2D eigenvalue weighted by atomic mass is 10.1. The van der Waals surface area contributed by atoms with Crippen molar-refractivity contribution in [2.75, 3.05) is 37.7 Å². The Hall–Kier alpha value is -3.84. The molecule has 0 radical (unpaired) electrons. The summed E-state index contributed by atoms with van der Waals surface area (Å²) >= 11 is 0. The minimum atomic E-state index is -0.903. The van der Waals surface area contributed by atoms with Gasteiger partial charge in [0.1, 0.15) is 24.2 Å². The summed E-state index contributed by atoms with van der Waals surface area (Å²) in [6.07, 6.45) is 4.04. The van der Waals surface area contributed by atoms with E-state index in [4.69, 9.17) is 9.84 Å². The number of fused-ring (bicyclic) bond motifs is 1. The highest BCUT2D eigenvalue weighted by Crippen LogP contribution is 2.31. The molecule has 0 aromatic carbocycles. The molecule has 0 unspecified atom stereocenters. The van der Waals surface area contributed by atoms with Crippen molar-refractivity contribution in [2.24, 2.45) is 0 Å². The van der Waals surface area contributed by atoms with Crippen LogP contribution in [-0.4, -0.2) is 74.7 Å². The van der Waals surface area contributed by atoms with Crippen LogP contribution in [-0.2, 0) is 0 Å². The van der Waals surface area contributed by atoms with E-state index in [1.54, 1.807) is 16.9 Å². The van der Waals surface area contributed by atoms with Crippen molar-refractivity contribution < 1.29 is 19.7 Å². The number of aliphatic hydroxyl groups is 1. The van der Waals surface area contributed by atoms with Gasteiger partial charge < -0.3 is 24.7 Å². The molecule has 3 aromatic rings. The number of hydrogen-bond donors (Lipinski definition) is 2. The highest BCUT2D eigenvalue weighted by molar-refractivity contribution is 5.85. The molecule has 1 aliphatic heterocycles. The Morgan fingerprint density at radius 2 is 2.06 bits per heavy atom. The smallest absolute Gasteiger partial charge is 0.407 e. The molecule has 0 spiro atoms. The Bertz CT molecular complexity index is 1150. The van der Waals surface area contributed by atoms with Gasteiger partial charge in [-0.2, -0.15) is 10.4 Å². The van der Waals surface area contributed by atoms with E-state index in [9.17, 15) is 15.2 Å². The Morgan fingerprint density at radius 1 is 1.28 bits per heavy atom. The Kier molecular flexibility index (Phi) is 6.09. The zero-order valence-corrected chi connectivity index (χ0v) is 17.7. The van der Waals surface area contributed by atoms with Crippen molar-refractivity contribution in [3.8, 4) is 22.9 Å². The van der Waals surface area contributed by atoms with E-state index in [1.165, 1.54) is 11.1 Å². The number of carbonyl (C=O) groups is 1. The van der Waals surface area contributed by atoms with Gasteiger partial charge in [-0.15, -0.1) is 0 Å². The molecular formula is C22H24N6O4. The molecule has 4 heterocycles. The summed E-state index contributed by atoms with van der Waals surface area (Å²) in [5.74, 6) is 1.30. The SMILES string of the molecule is CC[C@H](O)COc1cc(-c2ccc(N3CCN(C(=O)O)CC3)nc2)c2c(C#N)cnn2c1. The summed E-state index contributed by atoms with van der Waals surface area (Å²) in [6, 6.07) is 7.80. The number of carboxylic acid groups (broad SMARTS) is 1. The molecule has 0 bridgehead atoms. The number of hydrogen-bond acceptors (Lipinski definition) is 7. The molecule has 166 valence electrons. The first-order chi connectivity index (χ1) is 15.5. The topological polar surface area (TPSA) is 127 Å². The van der Waals surface area contributed by atoms with Crippen molar-refractivity contribution in [3.63, 3.8) is 0 Å². The molecule has 0 aliphatic carbocycles. The van der Waals surface area contributed by atoms with Crippen LogP contribution in [0, 0.1) is 11.3 Å². The van der Waals surface area contributed by atoms with Gasteiger partial charge in [0.25, 0.3) is 0 Å². The van der Waals surface area contributed by atoms with Crippen LogP contribution in [0.2, 0.25) is 0 Å². The molecule has 1 atom stereocenters. The van der Waals surface area contributed by atoms with Crippen LogP contribution >= 0.6 is 0 Å². The van der Waals surface area contributed by atoms with Gasteiger partial charge in [-0.3, -0.25) is 0 Å². The molecule has 4 rings (SSSR count). The first kappa shape index (κ1) is 21.4. The normalized spacial score (nSPS) is 14.9. The Labute approximate surface area is 184 Å². The molecule has 1 saturated heterocycles. The number of aliphatic hydroxyl groups excluding tert-OH is 1. The predicted molar refractivity (Wildman–Crippen MR) is 117 cm³/mol. The number of aromatic nitrogens is 3. The maximum absolute atomic E-state index is 11.1. The third-order valence-electron chi connectivity index (χ3n) is 5.55. The van der Waals surface area contributed by atoms with Gasteiger partial charge in [0.05, 0.1) is 29.6 Å². The van der Waals surface area contributed by atoms with Crippen LogP contribution in [0.3, 0.4) is 0 Å². The summed E-state index contributed by atoms with van der Waals surface area (Å²) in [5, 5.41) is 32.7. The molecule has 3 aromatic heterocycles. The van der Waals surface area contributed by atoms with Crippen LogP contribution in [0.1, 0.15) is 18.9 Å². The lowest BCUT2D eigenvalue weighted by Crippen LogP contribution is -2.48. The first-order valence-electron chi connectivity index (χ1n) is 10.4. The van der Waals surface area contributed by atoms with Gasteiger partial charge in [0.2, 0.25) is 0 Å². The van der Waals surface area contributed by atoms with E-state index in [1.807, 2.05) is 30.0 Å². The lowest BCUT2D eigenvalue weighted by molar-refractivity contribution is 0.104. The zero-order chi connectivity index (χ0) is 22.7. The van der Waals surface area contributed by atoms with Gasteiger partial charge in [-0.05, 0) is 24.6 Å². The quantitative estimate of drug-likeness (QED) is 0.602. The van der Waals surface area contributed by atoms with Crippen molar-refractivity contribution in [1.82, 2.24) is 19.5 Å². The van der Waals surface area contributed by atoms with Gasteiger partial charge in [0, 0.05) is 43.5 Å². The van der Waals surface area contributed by atoms with E-state index in [-0.39, 0.29) is 6.61 Å². The van der Waals surface area contributed by atoms with E-state index >= 15 is 0 Å². The fourth-order valence-corrected chi connectivity index (χ4v) is 3.65. The fourth-order valence-electron chi connectivity index (χ4n) is 3.65. The molecule has 0 saturated carbocycles. The molecule has 10 nitrogen and oxygen atoms in total. The molecule has 2 N–H and O–H groups in total. The van der Waals surface area contributed by atoms with E-state index < -0.39 is 12.2 Å². The molecular weight excluding hydrogens is 412 g/mol. The number of rotatable bonds is 6. The van der Waals surface area contributed by atoms with E-state index in [2.05, 4.69) is 16.2 Å². The maximum atomic E-state index is 11.1. The summed E-state index contributed by atoms with van der Waals surface area (Å²) < 4.78 is 7.34. The van der Waals surface area contributed by atoms with Gasteiger partial charge in [0.15, 0.2) is 0 Å². The number of ether oxygens (including phenoxy) is 1. The average Bonchev–Trinajstić information content (AvgIpc) is 3.25. The molecule has 32 heavy (non-hydrogen) atoms. The highest BCUT2D eigenvalue weighted by atomic mass is 16.5. The minimum absolute atomic E-state index is 0.160. The van der Waals surface area contributed by atoms with Crippen molar-refractivity contribution >= 4 is 17.4 Å². The number of anilines is 1. The van der Waals surface area contributed by atoms with Gasteiger partial charge in [-0.1, -0.05) is 6.92 Å². The Balaban J connectivity index is 1.62. The fraction of sp³-hybridized carbons (Fsp3) is 0.364. The number of nitriles is 1. The molecule has 1 aliphatic rings. The number of pyridine rings is 2. The van der Waals surface area contributed by atoms with E-state index in [0.717, 1.165) is 16.9 Å². The third kappa shape index (κ3) is 4.29. The standard InChI is InChI=1S/C22H24N6O4/c1-2-17(29)14-32-18-9-19(21-16(10-23)12-25-28(21)13-18)15-3-4-20(24-11-15)26-5-7-27(8-6-26)22(30)31/h3-4,9,11-13,17,29H,2,5-8,14H2,1H3,(H,30,31)/t17-/m0/s1. The minimum Gasteiger partial charge on any atom is -0.489 e. The summed E-state index contributed by atoms with van der Waals surface area (Å²) in [7, 11) is 0. The molecule has 10 heteroatoms. The van der Waals surface area contributed by atoms with Crippen molar-refractivity contribution in [3.05, 3.63) is 42.4 Å². The van der Waals surface area contributed by atoms with Crippen LogP contribution in [0.4, 0.5) is 10.6 Å². The molecule has 1 fully saturated rings. The second-order valence-corrected chi connectivity index (χ2v) is 7.59. The summed E-state index contributed by atoms with van der Waals surface area (Å²) in [6.45, 7) is 4.06. The number of amides is 1. The Morgan fingerprint density at radius 3 is 2.69 bits per heavy atom. The van der Waals surface area contributed by atoms with Crippen molar-refractivity contribution in [2.45, 2.75) is 19.4 Å². The maximum Gasteiger partial charge on any atom is 0.407 e. The predicted octanol–water partition coefficient (Wildman–Crippen LogP) is 2.22. The number of piperazine rings is 1. The summed E-state index contributed by atoms with van der Waals surface area (Å²) in [5.41, 5.74) is 2.63.